The standard InChI is InChI=1S/C8H9F3N2O/c1-14-7-3-5(12)4(2-6(7)13)8(9,10)11/h2-3H,12-13H2,1H3. The van der Waals surface area contributed by atoms with Gasteiger partial charge < -0.3 is 16.2 Å². The van der Waals surface area contributed by atoms with Gasteiger partial charge in [-0.25, -0.2) is 0 Å². The predicted molar refractivity (Wildman–Crippen MR) is 46.8 cm³/mol. The van der Waals surface area contributed by atoms with E-state index in [4.69, 9.17) is 16.2 Å². The molecule has 78 valence electrons. The van der Waals surface area contributed by atoms with Crippen molar-refractivity contribution >= 4 is 11.4 Å². The quantitative estimate of drug-likeness (QED) is 0.689. The van der Waals surface area contributed by atoms with Gasteiger partial charge in [0.25, 0.3) is 0 Å². The lowest BCUT2D eigenvalue weighted by molar-refractivity contribution is -0.136. The molecule has 1 rings (SSSR count). The Kier molecular flexibility index (Phi) is 2.46. The van der Waals surface area contributed by atoms with Crippen molar-refractivity contribution in [3.05, 3.63) is 17.7 Å². The first kappa shape index (κ1) is 10.5. The van der Waals surface area contributed by atoms with Gasteiger partial charge in [-0.2, -0.15) is 13.2 Å². The third-order valence-electron chi connectivity index (χ3n) is 1.71. The highest BCUT2D eigenvalue weighted by Gasteiger charge is 2.33. The fourth-order valence-corrected chi connectivity index (χ4v) is 1.03. The van der Waals surface area contributed by atoms with Crippen LogP contribution in [0.2, 0.25) is 0 Å². The van der Waals surface area contributed by atoms with Crippen LogP contribution in [-0.4, -0.2) is 7.11 Å². The minimum absolute atomic E-state index is 0.0889. The number of nitrogen functional groups attached to an aromatic ring is 2. The molecule has 1 aromatic rings. The first-order valence-electron chi connectivity index (χ1n) is 3.66. The van der Waals surface area contributed by atoms with Gasteiger partial charge in [0.15, 0.2) is 0 Å². The maximum atomic E-state index is 12.3. The third kappa shape index (κ3) is 1.84. The maximum absolute atomic E-state index is 12.3. The molecule has 0 bridgehead atoms. The molecule has 0 spiro atoms. The van der Waals surface area contributed by atoms with E-state index < -0.39 is 17.4 Å². The molecule has 0 radical (unpaired) electrons. The molecule has 4 N–H and O–H groups in total. The lowest BCUT2D eigenvalue weighted by Crippen LogP contribution is -2.10. The van der Waals surface area contributed by atoms with Gasteiger partial charge in [0.1, 0.15) is 5.75 Å². The fourth-order valence-electron chi connectivity index (χ4n) is 1.03. The lowest BCUT2D eigenvalue weighted by atomic mass is 10.1. The van der Waals surface area contributed by atoms with Gasteiger partial charge >= 0.3 is 6.18 Å². The molecule has 1 aromatic carbocycles. The molecule has 3 nitrogen and oxygen atoms in total. The first-order valence-corrected chi connectivity index (χ1v) is 3.66. The molecule has 0 aromatic heterocycles. The zero-order chi connectivity index (χ0) is 10.9. The number of hydrogen-bond donors (Lipinski definition) is 2. The fraction of sp³-hybridized carbons (Fsp3) is 0.250. The summed E-state index contributed by atoms with van der Waals surface area (Å²) in [5.41, 5.74) is 9.08. The van der Waals surface area contributed by atoms with E-state index in [1.165, 1.54) is 7.11 Å². The molecular formula is C8H9F3N2O. The summed E-state index contributed by atoms with van der Waals surface area (Å²) >= 11 is 0. The average Bonchev–Trinajstić information content (AvgIpc) is 2.06. The summed E-state index contributed by atoms with van der Waals surface area (Å²) in [6.07, 6.45) is -4.50. The molecule has 0 aliphatic carbocycles. The molecule has 0 saturated carbocycles. The molecule has 14 heavy (non-hydrogen) atoms. The maximum Gasteiger partial charge on any atom is 0.418 e. The molecule has 0 aliphatic heterocycles. The summed E-state index contributed by atoms with van der Waals surface area (Å²) in [5, 5.41) is 0. The van der Waals surface area contributed by atoms with E-state index >= 15 is 0 Å². The molecule has 0 unspecified atom stereocenters. The second kappa shape index (κ2) is 3.28. The third-order valence-corrected chi connectivity index (χ3v) is 1.71. The second-order valence-electron chi connectivity index (χ2n) is 2.68. The van der Waals surface area contributed by atoms with E-state index in [9.17, 15) is 13.2 Å². The van der Waals surface area contributed by atoms with Crippen LogP contribution in [0.15, 0.2) is 12.1 Å². The second-order valence-corrected chi connectivity index (χ2v) is 2.68. The first-order chi connectivity index (χ1) is 6.36. The summed E-state index contributed by atoms with van der Waals surface area (Å²) in [7, 11) is 1.30. The van der Waals surface area contributed by atoms with Crippen molar-refractivity contribution in [1.29, 1.82) is 0 Å². The predicted octanol–water partition coefficient (Wildman–Crippen LogP) is 1.88. The zero-order valence-corrected chi connectivity index (χ0v) is 7.35. The van der Waals surface area contributed by atoms with Crippen molar-refractivity contribution in [2.75, 3.05) is 18.6 Å². The topological polar surface area (TPSA) is 61.3 Å². The van der Waals surface area contributed by atoms with Gasteiger partial charge in [0.2, 0.25) is 0 Å². The van der Waals surface area contributed by atoms with E-state index in [2.05, 4.69) is 0 Å². The van der Waals surface area contributed by atoms with Gasteiger partial charge in [-0.15, -0.1) is 0 Å². The van der Waals surface area contributed by atoms with Crippen LogP contribution in [0.4, 0.5) is 24.5 Å². The van der Waals surface area contributed by atoms with Gasteiger partial charge in [0.05, 0.1) is 18.4 Å². The summed E-state index contributed by atoms with van der Waals surface area (Å²) in [4.78, 5) is 0. The summed E-state index contributed by atoms with van der Waals surface area (Å²) in [6.45, 7) is 0. The van der Waals surface area contributed by atoms with Crippen molar-refractivity contribution in [1.82, 2.24) is 0 Å². The van der Waals surface area contributed by atoms with Gasteiger partial charge in [-0.3, -0.25) is 0 Å². The van der Waals surface area contributed by atoms with E-state index in [-0.39, 0.29) is 11.4 Å². The van der Waals surface area contributed by atoms with Crippen molar-refractivity contribution in [2.45, 2.75) is 6.18 Å². The molecule has 0 fully saturated rings. The van der Waals surface area contributed by atoms with Crippen LogP contribution >= 0.6 is 0 Å². The smallest absolute Gasteiger partial charge is 0.418 e. The van der Waals surface area contributed by atoms with E-state index in [1.54, 1.807) is 0 Å². The molecule has 0 heterocycles. The minimum atomic E-state index is -4.50. The molecule has 6 heteroatoms. The number of benzene rings is 1. The monoisotopic (exact) mass is 206 g/mol. The Morgan fingerprint density at radius 2 is 1.71 bits per heavy atom. The number of ether oxygens (including phenoxy) is 1. The highest BCUT2D eigenvalue weighted by molar-refractivity contribution is 5.64. The number of anilines is 2. The van der Waals surface area contributed by atoms with Crippen molar-refractivity contribution in [2.24, 2.45) is 0 Å². The van der Waals surface area contributed by atoms with Crippen LogP contribution in [-0.2, 0) is 6.18 Å². The van der Waals surface area contributed by atoms with Crippen LogP contribution < -0.4 is 16.2 Å². The van der Waals surface area contributed by atoms with Crippen LogP contribution in [0.1, 0.15) is 5.56 Å². The Morgan fingerprint density at radius 1 is 1.14 bits per heavy atom. The summed E-state index contributed by atoms with van der Waals surface area (Å²) in [5.74, 6) is 0.135. The van der Waals surface area contributed by atoms with Crippen molar-refractivity contribution in [3.63, 3.8) is 0 Å². The lowest BCUT2D eigenvalue weighted by Gasteiger charge is -2.12. The largest absolute Gasteiger partial charge is 0.495 e. The number of nitrogens with two attached hydrogens (primary N) is 2. The molecule has 0 saturated heterocycles. The molecular weight excluding hydrogens is 197 g/mol. The van der Waals surface area contributed by atoms with E-state index in [1.807, 2.05) is 0 Å². The number of hydrogen-bond acceptors (Lipinski definition) is 3. The number of methoxy groups -OCH3 is 1. The van der Waals surface area contributed by atoms with Crippen LogP contribution in [0, 0.1) is 0 Å². The Balaban J connectivity index is 3.29. The van der Waals surface area contributed by atoms with Crippen molar-refractivity contribution in [3.8, 4) is 5.75 Å². The summed E-state index contributed by atoms with van der Waals surface area (Å²) < 4.78 is 41.6. The highest BCUT2D eigenvalue weighted by Crippen LogP contribution is 2.38. The van der Waals surface area contributed by atoms with Crippen molar-refractivity contribution < 1.29 is 17.9 Å². The average molecular weight is 206 g/mol. The number of alkyl halides is 3. The Morgan fingerprint density at radius 3 is 2.14 bits per heavy atom. The summed E-state index contributed by atoms with van der Waals surface area (Å²) in [6, 6.07) is 1.81. The van der Waals surface area contributed by atoms with Gasteiger partial charge in [0, 0.05) is 11.8 Å². The molecule has 0 amide bonds. The van der Waals surface area contributed by atoms with Gasteiger partial charge in [-0.1, -0.05) is 0 Å². The Labute approximate surface area is 78.5 Å². The van der Waals surface area contributed by atoms with Crippen LogP contribution in [0.5, 0.6) is 5.75 Å². The van der Waals surface area contributed by atoms with Crippen LogP contribution in [0.3, 0.4) is 0 Å². The zero-order valence-electron chi connectivity index (χ0n) is 7.35. The van der Waals surface area contributed by atoms with E-state index in [0.29, 0.717) is 0 Å². The highest BCUT2D eigenvalue weighted by atomic mass is 19.4. The molecule has 0 aliphatic rings. The minimum Gasteiger partial charge on any atom is -0.495 e. The van der Waals surface area contributed by atoms with Gasteiger partial charge in [-0.05, 0) is 6.07 Å². The Bertz CT molecular complexity index is 349. The molecule has 0 atom stereocenters. The number of halogens is 3. The Hall–Kier alpha value is -1.59. The normalized spacial score (nSPS) is 11.4. The SMILES string of the molecule is COc1cc(N)c(C(F)(F)F)cc1N. The van der Waals surface area contributed by atoms with E-state index in [0.717, 1.165) is 12.1 Å². The number of rotatable bonds is 1. The van der Waals surface area contributed by atoms with Crippen LogP contribution in [0.25, 0.3) is 0 Å².